The van der Waals surface area contributed by atoms with E-state index in [-0.39, 0.29) is 5.91 Å². The summed E-state index contributed by atoms with van der Waals surface area (Å²) >= 11 is 4.84. The molecular weight excluding hydrogens is 252 g/mol. The Morgan fingerprint density at radius 1 is 1.69 bits per heavy atom. The van der Waals surface area contributed by atoms with Gasteiger partial charge in [-0.15, -0.1) is 0 Å². The van der Waals surface area contributed by atoms with E-state index in [1.165, 1.54) is 18.1 Å². The van der Waals surface area contributed by atoms with E-state index < -0.39 is 0 Å². The molecule has 0 aromatic heterocycles. The molecule has 0 saturated carbocycles. The van der Waals surface area contributed by atoms with Gasteiger partial charge in [0.15, 0.2) is 0 Å². The third-order valence-electron chi connectivity index (χ3n) is 1.61. The molecule has 2 bridgehead atoms. The molecule has 0 aromatic rings. The normalized spacial score (nSPS) is 20.6. The zero-order chi connectivity index (χ0) is 9.42. The standard InChI is InChI=1S/C8H5BrN2OS/c1-4-7(9)5-2-6(13-4)10-3-11-8(5)12/h3H,1H3,(H,10,11,12). The van der Waals surface area contributed by atoms with Crippen molar-refractivity contribution in [2.45, 2.75) is 6.92 Å². The fourth-order valence-corrected chi connectivity index (χ4v) is 2.25. The minimum absolute atomic E-state index is 0.176. The van der Waals surface area contributed by atoms with Crippen LogP contribution < -0.4 is 5.32 Å². The van der Waals surface area contributed by atoms with Crippen molar-refractivity contribution < 1.29 is 4.79 Å². The molecule has 1 amide bonds. The van der Waals surface area contributed by atoms with Gasteiger partial charge in [-0.05, 0) is 22.9 Å². The molecule has 2 aliphatic rings. The molecule has 0 saturated heterocycles. The summed E-state index contributed by atoms with van der Waals surface area (Å²) in [5, 5.41) is 3.26. The maximum absolute atomic E-state index is 11.4. The molecule has 2 heterocycles. The molecule has 1 N–H and O–H groups in total. The monoisotopic (exact) mass is 256 g/mol. The van der Waals surface area contributed by atoms with Gasteiger partial charge in [0.2, 0.25) is 0 Å². The van der Waals surface area contributed by atoms with Crippen LogP contribution >= 0.6 is 27.7 Å². The van der Waals surface area contributed by atoms with Crippen molar-refractivity contribution in [1.29, 1.82) is 0 Å². The fourth-order valence-electron chi connectivity index (χ4n) is 0.990. The van der Waals surface area contributed by atoms with Crippen LogP contribution in [0.1, 0.15) is 6.92 Å². The second-order valence-electron chi connectivity index (χ2n) is 2.51. The molecule has 66 valence electrons. The van der Waals surface area contributed by atoms with Crippen LogP contribution in [0.25, 0.3) is 0 Å². The van der Waals surface area contributed by atoms with Crippen molar-refractivity contribution in [2.24, 2.45) is 4.99 Å². The molecule has 0 spiro atoms. The van der Waals surface area contributed by atoms with E-state index in [1.54, 1.807) is 0 Å². The number of allylic oxidation sites excluding steroid dienone is 1. The molecule has 0 atom stereocenters. The van der Waals surface area contributed by atoms with Gasteiger partial charge in [-0.1, -0.05) is 17.5 Å². The van der Waals surface area contributed by atoms with Crippen molar-refractivity contribution >= 4 is 39.9 Å². The maximum Gasteiger partial charge on any atom is 0.265 e. The number of hydrogen-bond donors (Lipinski definition) is 1. The highest BCUT2D eigenvalue weighted by molar-refractivity contribution is 9.12. The Hall–Kier alpha value is -0.770. The van der Waals surface area contributed by atoms with E-state index in [1.807, 2.05) is 6.92 Å². The number of nitrogens with one attached hydrogen (secondary N) is 1. The third-order valence-corrected chi connectivity index (χ3v) is 3.78. The summed E-state index contributed by atoms with van der Waals surface area (Å²) in [4.78, 5) is 16.4. The van der Waals surface area contributed by atoms with Crippen molar-refractivity contribution in [3.8, 4) is 0 Å². The molecule has 0 fully saturated rings. The summed E-state index contributed by atoms with van der Waals surface area (Å²) in [6, 6.07) is 0. The molecule has 13 heavy (non-hydrogen) atoms. The predicted octanol–water partition coefficient (Wildman–Crippen LogP) is 1.88. The predicted molar refractivity (Wildman–Crippen MR) is 56.4 cm³/mol. The number of thioether (sulfide) groups is 1. The molecule has 5 heteroatoms. The Morgan fingerprint density at radius 3 is 3.23 bits per heavy atom. The Bertz CT molecular complexity index is 416. The highest BCUT2D eigenvalue weighted by atomic mass is 79.9. The van der Waals surface area contributed by atoms with E-state index >= 15 is 0 Å². The number of hydrogen-bond acceptors (Lipinski definition) is 3. The first kappa shape index (κ1) is 8.81. The van der Waals surface area contributed by atoms with Crippen molar-refractivity contribution in [1.82, 2.24) is 5.32 Å². The van der Waals surface area contributed by atoms with Gasteiger partial charge in [-0.3, -0.25) is 4.79 Å². The van der Waals surface area contributed by atoms with Crippen LogP contribution in [0.2, 0.25) is 0 Å². The van der Waals surface area contributed by atoms with E-state index in [0.29, 0.717) is 10.6 Å². The van der Waals surface area contributed by atoms with Gasteiger partial charge < -0.3 is 5.32 Å². The van der Waals surface area contributed by atoms with Crippen LogP contribution in [0, 0.1) is 0 Å². The summed E-state index contributed by atoms with van der Waals surface area (Å²) < 4.78 is 0.796. The van der Waals surface area contributed by atoms with Gasteiger partial charge in [0.05, 0.1) is 11.9 Å². The smallest absolute Gasteiger partial charge is 0.265 e. The van der Waals surface area contributed by atoms with E-state index in [2.05, 4.69) is 32.0 Å². The van der Waals surface area contributed by atoms with E-state index in [9.17, 15) is 4.79 Å². The zero-order valence-corrected chi connectivity index (χ0v) is 9.12. The molecule has 2 rings (SSSR count). The van der Waals surface area contributed by atoms with E-state index in [4.69, 9.17) is 0 Å². The second-order valence-corrected chi connectivity index (χ2v) is 4.51. The Morgan fingerprint density at radius 2 is 2.46 bits per heavy atom. The van der Waals surface area contributed by atoms with Crippen LogP contribution in [0.4, 0.5) is 0 Å². The van der Waals surface area contributed by atoms with Gasteiger partial charge >= 0.3 is 0 Å². The van der Waals surface area contributed by atoms with Crippen LogP contribution in [0.5, 0.6) is 0 Å². The number of amides is 1. The third kappa shape index (κ3) is 1.50. The zero-order valence-electron chi connectivity index (χ0n) is 6.72. The van der Waals surface area contributed by atoms with Crippen LogP contribution in [0.3, 0.4) is 0 Å². The highest BCUT2D eigenvalue weighted by Gasteiger charge is 2.20. The summed E-state index contributed by atoms with van der Waals surface area (Å²) in [6.07, 6.45) is 1.39. The summed E-state index contributed by atoms with van der Waals surface area (Å²) in [6.45, 7) is 1.93. The number of carbonyl (C=O) groups excluding carboxylic acids is 1. The number of rotatable bonds is 0. The summed E-state index contributed by atoms with van der Waals surface area (Å²) in [5.74, 6) is -0.176. The average Bonchev–Trinajstić information content (AvgIpc) is 2.24. The first-order valence-electron chi connectivity index (χ1n) is 3.57. The largest absolute Gasteiger partial charge is 0.312 e. The van der Waals surface area contributed by atoms with Crippen molar-refractivity contribution in [3.05, 3.63) is 25.7 Å². The lowest BCUT2D eigenvalue weighted by Crippen LogP contribution is -2.22. The lowest BCUT2D eigenvalue weighted by atomic mass is 10.2. The van der Waals surface area contributed by atoms with E-state index in [0.717, 1.165) is 9.39 Å². The Balaban J connectivity index is 2.62. The second kappa shape index (κ2) is 3.18. The van der Waals surface area contributed by atoms with Gasteiger partial charge in [0, 0.05) is 9.39 Å². The van der Waals surface area contributed by atoms with Crippen molar-refractivity contribution in [3.63, 3.8) is 0 Å². The quantitative estimate of drug-likeness (QED) is 0.673. The molecule has 0 radical (unpaired) electrons. The minimum atomic E-state index is -0.176. The molecule has 0 unspecified atom stereocenters. The topological polar surface area (TPSA) is 41.5 Å². The van der Waals surface area contributed by atoms with Crippen LogP contribution in [-0.4, -0.2) is 12.2 Å². The Kier molecular flexibility index (Phi) is 2.15. The molecular formula is C8H5BrN2OS. The lowest BCUT2D eigenvalue weighted by molar-refractivity contribution is -0.115. The minimum Gasteiger partial charge on any atom is -0.312 e. The highest BCUT2D eigenvalue weighted by Crippen LogP contribution is 2.37. The molecule has 0 aliphatic carbocycles. The lowest BCUT2D eigenvalue weighted by Gasteiger charge is -2.08. The summed E-state index contributed by atoms with van der Waals surface area (Å²) in [5.41, 5.74) is 3.44. The number of carbonyl (C=O) groups is 1. The van der Waals surface area contributed by atoms with Gasteiger partial charge in [-0.2, -0.15) is 0 Å². The average molecular weight is 257 g/mol. The first-order chi connectivity index (χ1) is 6.18. The maximum atomic E-state index is 11.4. The fraction of sp³-hybridized carbons (Fsp3) is 0.125. The number of aliphatic imine (C=N–C) groups is 1. The molecule has 2 aliphatic heterocycles. The van der Waals surface area contributed by atoms with Crippen LogP contribution in [0.15, 0.2) is 30.7 Å². The molecule has 3 nitrogen and oxygen atoms in total. The first-order valence-corrected chi connectivity index (χ1v) is 5.18. The molecule has 0 aromatic carbocycles. The van der Waals surface area contributed by atoms with Gasteiger partial charge in [-0.25, -0.2) is 4.99 Å². The van der Waals surface area contributed by atoms with Crippen LogP contribution in [-0.2, 0) is 4.79 Å². The van der Waals surface area contributed by atoms with Gasteiger partial charge in [0.25, 0.3) is 5.91 Å². The number of halogens is 1. The Labute approximate surface area is 87.8 Å². The number of nitrogens with zero attached hydrogens (tertiary/aromatic N) is 1. The SMILES string of the molecule is CC1=C(Br)C2=C=C(N=CNC2=O)S1. The van der Waals surface area contributed by atoms with Crippen molar-refractivity contribution in [2.75, 3.05) is 0 Å². The van der Waals surface area contributed by atoms with Gasteiger partial charge in [0.1, 0.15) is 5.03 Å². The summed E-state index contributed by atoms with van der Waals surface area (Å²) in [7, 11) is 0.